The van der Waals surface area contributed by atoms with Crippen LogP contribution in [0.25, 0.3) is 158 Å². The maximum Gasteiger partial charge on any atom is 0.227 e. The van der Waals surface area contributed by atoms with Gasteiger partial charge < -0.3 is 35.3 Å². The van der Waals surface area contributed by atoms with Gasteiger partial charge in [-0.2, -0.15) is 0 Å². The first-order chi connectivity index (χ1) is 32.5. The second-order valence-electron chi connectivity index (χ2n) is 15.7. The predicted octanol–water partition coefficient (Wildman–Crippen LogP) is 12.8. The Morgan fingerprint density at radius 1 is 0.227 bits per heavy atom. The highest BCUT2D eigenvalue weighted by atomic mass is 16.4. The molecule has 0 aliphatic heterocycles. The SMILES string of the molecule is c1nc2cc3oc(-c4ccc(-c5nc6cc7oc(-c8ccc(-c9nc%10cc%11oc(-c%12ccc(-c%13nc%14cc%15ocnc%15cc%14o%13)cc%12)nc%11cc%10o9)cc8)nc7cc6o5)cc4)nc3cc2o1. The van der Waals surface area contributed by atoms with E-state index in [2.05, 4.69) is 19.9 Å². The average molecular weight is 863 g/mol. The van der Waals surface area contributed by atoms with Gasteiger partial charge in [0.25, 0.3) is 0 Å². The van der Waals surface area contributed by atoms with Gasteiger partial charge in [0.1, 0.15) is 44.1 Å². The molecule has 0 aliphatic rings. The van der Waals surface area contributed by atoms with Gasteiger partial charge in [0.05, 0.1) is 0 Å². The van der Waals surface area contributed by atoms with Gasteiger partial charge in [-0.25, -0.2) is 39.9 Å². The summed E-state index contributed by atoms with van der Waals surface area (Å²) in [7, 11) is 0. The molecule has 0 N–H and O–H groups in total. The second-order valence-corrected chi connectivity index (χ2v) is 15.7. The van der Waals surface area contributed by atoms with E-state index >= 15 is 0 Å². The van der Waals surface area contributed by atoms with Crippen LogP contribution >= 0.6 is 0 Å². The minimum absolute atomic E-state index is 0.457. The van der Waals surface area contributed by atoms with Crippen LogP contribution in [0.2, 0.25) is 0 Å². The van der Waals surface area contributed by atoms with Crippen LogP contribution in [0.4, 0.5) is 0 Å². The number of hydrogen-bond donors (Lipinski definition) is 0. The maximum atomic E-state index is 6.22. The highest BCUT2D eigenvalue weighted by molar-refractivity contribution is 5.94. The van der Waals surface area contributed by atoms with Crippen molar-refractivity contribution in [3.8, 4) is 68.7 Å². The molecule has 0 fully saturated rings. The number of fused-ring (bicyclic) bond motifs is 8. The van der Waals surface area contributed by atoms with Gasteiger partial charge in [0.2, 0.25) is 35.3 Å². The summed E-state index contributed by atoms with van der Waals surface area (Å²) in [4.78, 5) is 36.7. The third-order valence-corrected chi connectivity index (χ3v) is 11.6. The quantitative estimate of drug-likeness (QED) is 0.152. The Balaban J connectivity index is 0.651. The van der Waals surface area contributed by atoms with E-state index in [1.165, 1.54) is 12.8 Å². The summed E-state index contributed by atoms with van der Waals surface area (Å²) in [6.45, 7) is 0. The highest BCUT2D eigenvalue weighted by Gasteiger charge is 2.19. The molecule has 0 radical (unpaired) electrons. The van der Waals surface area contributed by atoms with Crippen molar-refractivity contribution in [3.05, 3.63) is 134 Å². The van der Waals surface area contributed by atoms with Crippen molar-refractivity contribution in [1.82, 2.24) is 39.9 Å². The zero-order valence-corrected chi connectivity index (χ0v) is 33.5. The summed E-state index contributed by atoms with van der Waals surface area (Å²) < 4.78 is 47.7. The average Bonchev–Trinajstić information content (AvgIpc) is 4.21. The number of nitrogens with zero attached hydrogens (tertiary/aromatic N) is 8. The molecule has 66 heavy (non-hydrogen) atoms. The minimum Gasteiger partial charge on any atom is -0.443 e. The highest BCUT2D eigenvalue weighted by Crippen LogP contribution is 2.36. The van der Waals surface area contributed by atoms with Crippen molar-refractivity contribution in [2.75, 3.05) is 0 Å². The third-order valence-electron chi connectivity index (χ3n) is 11.6. The van der Waals surface area contributed by atoms with E-state index in [0.717, 1.165) is 33.4 Å². The third kappa shape index (κ3) is 5.45. The van der Waals surface area contributed by atoms with Gasteiger partial charge in [0, 0.05) is 81.9 Å². The lowest BCUT2D eigenvalue weighted by atomic mass is 10.1. The van der Waals surface area contributed by atoms with Crippen molar-refractivity contribution >= 4 is 88.8 Å². The lowest BCUT2D eigenvalue weighted by molar-refractivity contribution is 0.602. The van der Waals surface area contributed by atoms with Crippen LogP contribution in [0, 0.1) is 0 Å². The van der Waals surface area contributed by atoms with Crippen molar-refractivity contribution in [2.45, 2.75) is 0 Å². The zero-order valence-electron chi connectivity index (χ0n) is 33.5. The van der Waals surface area contributed by atoms with Crippen LogP contribution in [0.3, 0.4) is 0 Å². The molecule has 7 aromatic carbocycles. The standard InChI is InChI=1S/C50H22N8O8/c1-5-25(6-2-23(1)45-53-31-15-37-29(51-21-59-37)13-39(31)61-45)47-55-33-17-43-35(19-41(33)63-47)57-49(65-43)27-9-11-28(12-10-27)50-58-36-20-42-34(18-44(36)66-50)56-48(64-42)26-7-3-24(4-8-26)46-54-32-16-38-30(52-22-60-38)14-40(32)62-46/h1-22H. The number of rotatable bonds is 6. The van der Waals surface area contributed by atoms with Crippen molar-refractivity contribution in [1.29, 1.82) is 0 Å². The fraction of sp³-hybridized carbons (Fsp3) is 0. The van der Waals surface area contributed by atoms with E-state index in [-0.39, 0.29) is 0 Å². The van der Waals surface area contributed by atoms with Crippen LogP contribution in [0.15, 0.2) is 169 Å². The molecule has 0 atom stereocenters. The predicted molar refractivity (Wildman–Crippen MR) is 240 cm³/mol. The number of benzene rings is 7. The van der Waals surface area contributed by atoms with E-state index in [0.29, 0.717) is 124 Å². The minimum atomic E-state index is 0.457. The largest absolute Gasteiger partial charge is 0.443 e. The van der Waals surface area contributed by atoms with E-state index in [4.69, 9.17) is 55.3 Å². The molecule has 0 unspecified atom stereocenters. The van der Waals surface area contributed by atoms with Gasteiger partial charge in [-0.15, -0.1) is 0 Å². The van der Waals surface area contributed by atoms with Gasteiger partial charge in [-0.3, -0.25) is 0 Å². The van der Waals surface area contributed by atoms with Crippen LogP contribution in [0.5, 0.6) is 0 Å². The fourth-order valence-corrected chi connectivity index (χ4v) is 8.26. The first kappa shape index (κ1) is 34.8. The molecule has 0 saturated carbocycles. The van der Waals surface area contributed by atoms with Gasteiger partial charge in [-0.05, 0) is 72.8 Å². The van der Waals surface area contributed by atoms with Crippen molar-refractivity contribution < 1.29 is 35.3 Å². The molecule has 15 rings (SSSR count). The molecule has 0 bridgehead atoms. The molecule has 310 valence electrons. The fourth-order valence-electron chi connectivity index (χ4n) is 8.26. The molecule has 8 heterocycles. The molecule has 0 aliphatic carbocycles. The molecule has 16 nitrogen and oxygen atoms in total. The van der Waals surface area contributed by atoms with Crippen LogP contribution in [0.1, 0.15) is 0 Å². The Kier molecular flexibility index (Phi) is 6.82. The molecule has 8 aromatic heterocycles. The molecule has 0 spiro atoms. The Labute approximate surface area is 365 Å². The van der Waals surface area contributed by atoms with Crippen molar-refractivity contribution in [2.24, 2.45) is 0 Å². The lowest BCUT2D eigenvalue weighted by Crippen LogP contribution is -1.80. The van der Waals surface area contributed by atoms with Gasteiger partial charge >= 0.3 is 0 Å². The van der Waals surface area contributed by atoms with E-state index < -0.39 is 0 Å². The van der Waals surface area contributed by atoms with E-state index in [1.54, 1.807) is 0 Å². The smallest absolute Gasteiger partial charge is 0.227 e. The van der Waals surface area contributed by atoms with Crippen LogP contribution < -0.4 is 0 Å². The maximum absolute atomic E-state index is 6.22. The number of hydrogen-bond acceptors (Lipinski definition) is 16. The van der Waals surface area contributed by atoms with E-state index in [1.807, 2.05) is 121 Å². The molecular weight excluding hydrogens is 841 g/mol. The summed E-state index contributed by atoms with van der Waals surface area (Å²) in [6.07, 6.45) is 2.80. The summed E-state index contributed by atoms with van der Waals surface area (Å²) in [5.74, 6) is 2.83. The number of oxazole rings is 8. The normalized spacial score (nSPS) is 12.2. The van der Waals surface area contributed by atoms with Crippen LogP contribution in [-0.4, -0.2) is 39.9 Å². The summed E-state index contributed by atoms with van der Waals surface area (Å²) in [6, 6.07) is 37.6. The van der Waals surface area contributed by atoms with Crippen LogP contribution in [-0.2, 0) is 0 Å². The Morgan fingerprint density at radius 2 is 0.424 bits per heavy atom. The molecule has 0 amide bonds. The van der Waals surface area contributed by atoms with Gasteiger partial charge in [0.15, 0.2) is 57.5 Å². The van der Waals surface area contributed by atoms with Gasteiger partial charge in [-0.1, -0.05) is 0 Å². The van der Waals surface area contributed by atoms with Crippen molar-refractivity contribution in [3.63, 3.8) is 0 Å². The summed E-state index contributed by atoms with van der Waals surface area (Å²) in [5.41, 5.74) is 15.1. The second kappa shape index (κ2) is 12.9. The zero-order chi connectivity index (χ0) is 43.0. The van der Waals surface area contributed by atoms with E-state index in [9.17, 15) is 0 Å². The first-order valence-electron chi connectivity index (χ1n) is 20.6. The molecule has 15 aromatic rings. The Morgan fingerprint density at radius 3 is 0.652 bits per heavy atom. The lowest BCUT2D eigenvalue weighted by Gasteiger charge is -1.98. The summed E-state index contributed by atoms with van der Waals surface area (Å²) in [5, 5.41) is 0. The monoisotopic (exact) mass is 862 g/mol. The number of aromatic nitrogens is 8. The topological polar surface area (TPSA) is 208 Å². The first-order valence-corrected chi connectivity index (χ1v) is 20.6. The molecule has 0 saturated heterocycles. The summed E-state index contributed by atoms with van der Waals surface area (Å²) >= 11 is 0. The molecular formula is C50H22N8O8. The molecule has 16 heteroatoms. The Hall–Kier alpha value is -9.70. The Bertz CT molecular complexity index is 3930.